The fourth-order valence-corrected chi connectivity index (χ4v) is 6.86. The molecule has 13 heteroatoms. The van der Waals surface area contributed by atoms with Crippen molar-refractivity contribution in [2.75, 3.05) is 17.7 Å². The molecule has 0 aromatic heterocycles. The van der Waals surface area contributed by atoms with Gasteiger partial charge in [0.25, 0.3) is 0 Å². The number of rotatable bonds is 6. The Morgan fingerprint density at radius 1 is 1.11 bits per heavy atom. The SMILES string of the molecule is CS(=O)(=O)c1cccc(N2CC(S(=O)(=O)c3ccccc3C(F)(F)F)CC2C(=O)NC2(C#N)CC2)c1. The highest BCUT2D eigenvalue weighted by Crippen LogP contribution is 2.40. The summed E-state index contributed by atoms with van der Waals surface area (Å²) in [7, 11) is -8.19. The first kappa shape index (κ1) is 26.0. The van der Waals surface area contributed by atoms with E-state index < -0.39 is 59.0 Å². The predicted molar refractivity (Wildman–Crippen MR) is 123 cm³/mol. The van der Waals surface area contributed by atoms with Gasteiger partial charge < -0.3 is 10.2 Å². The van der Waals surface area contributed by atoms with Crippen LogP contribution in [-0.2, 0) is 30.6 Å². The third kappa shape index (κ3) is 4.92. The first-order valence-electron chi connectivity index (χ1n) is 10.9. The van der Waals surface area contributed by atoms with Crippen molar-refractivity contribution in [2.45, 2.75) is 52.1 Å². The molecule has 2 unspecified atom stereocenters. The number of hydrogen-bond donors (Lipinski definition) is 1. The second-order valence-corrected chi connectivity index (χ2v) is 13.2. The van der Waals surface area contributed by atoms with Crippen molar-refractivity contribution >= 4 is 31.3 Å². The molecule has 1 aliphatic carbocycles. The van der Waals surface area contributed by atoms with Gasteiger partial charge in [0.2, 0.25) is 5.91 Å². The number of sulfone groups is 2. The van der Waals surface area contributed by atoms with Crippen molar-refractivity contribution < 1.29 is 34.8 Å². The zero-order valence-electron chi connectivity index (χ0n) is 19.0. The number of nitrogens with zero attached hydrogens (tertiary/aromatic N) is 2. The summed E-state index contributed by atoms with van der Waals surface area (Å²) in [6.07, 6.45) is -3.41. The number of carbonyl (C=O) groups is 1. The van der Waals surface area contributed by atoms with Gasteiger partial charge in [-0.1, -0.05) is 18.2 Å². The Labute approximate surface area is 206 Å². The summed E-state index contributed by atoms with van der Waals surface area (Å²) in [5, 5.41) is 10.6. The van der Waals surface area contributed by atoms with Gasteiger partial charge in [-0.25, -0.2) is 16.8 Å². The molecule has 2 aliphatic rings. The summed E-state index contributed by atoms with van der Waals surface area (Å²) in [5.74, 6) is -0.652. The van der Waals surface area contributed by atoms with Crippen molar-refractivity contribution in [3.05, 3.63) is 54.1 Å². The third-order valence-corrected chi connectivity index (χ3v) is 9.71. The van der Waals surface area contributed by atoms with Gasteiger partial charge in [-0.15, -0.1) is 0 Å². The lowest BCUT2D eigenvalue weighted by Gasteiger charge is -2.27. The number of hydrogen-bond acceptors (Lipinski definition) is 7. The molecule has 2 aromatic carbocycles. The van der Waals surface area contributed by atoms with Crippen LogP contribution in [0.2, 0.25) is 0 Å². The van der Waals surface area contributed by atoms with Crippen molar-refractivity contribution in [3.63, 3.8) is 0 Å². The van der Waals surface area contributed by atoms with Crippen molar-refractivity contribution in [2.24, 2.45) is 0 Å². The van der Waals surface area contributed by atoms with Crippen LogP contribution in [0.4, 0.5) is 18.9 Å². The maximum Gasteiger partial charge on any atom is 0.417 e. The Balaban J connectivity index is 1.75. The molecule has 1 saturated heterocycles. The lowest BCUT2D eigenvalue weighted by molar-refractivity contribution is -0.139. The second kappa shape index (κ2) is 8.77. The van der Waals surface area contributed by atoms with Gasteiger partial charge in [0.15, 0.2) is 19.7 Å². The molecule has 1 heterocycles. The molecule has 1 N–H and O–H groups in total. The molecule has 1 saturated carbocycles. The number of benzene rings is 2. The van der Waals surface area contributed by atoms with E-state index in [1.165, 1.54) is 35.2 Å². The van der Waals surface area contributed by atoms with Crippen LogP contribution >= 0.6 is 0 Å². The molecular weight excluding hydrogens is 519 g/mol. The van der Waals surface area contributed by atoms with Crippen LogP contribution in [0.15, 0.2) is 58.3 Å². The molecule has 0 radical (unpaired) electrons. The number of nitriles is 1. The van der Waals surface area contributed by atoms with Crippen LogP contribution in [0, 0.1) is 11.3 Å². The molecule has 2 aromatic rings. The lowest BCUT2D eigenvalue weighted by atomic mass is 10.1. The molecule has 36 heavy (non-hydrogen) atoms. The van der Waals surface area contributed by atoms with Crippen LogP contribution in [0.5, 0.6) is 0 Å². The largest absolute Gasteiger partial charge is 0.417 e. The molecule has 0 spiro atoms. The van der Waals surface area contributed by atoms with Gasteiger partial charge in [0.1, 0.15) is 11.6 Å². The van der Waals surface area contributed by atoms with E-state index in [4.69, 9.17) is 0 Å². The van der Waals surface area contributed by atoms with E-state index in [1.54, 1.807) is 0 Å². The summed E-state index contributed by atoms with van der Waals surface area (Å²) in [5.41, 5.74) is -2.14. The van der Waals surface area contributed by atoms with Crippen molar-refractivity contribution in [3.8, 4) is 6.07 Å². The van der Waals surface area contributed by atoms with Crippen LogP contribution in [0.25, 0.3) is 0 Å². The first-order valence-corrected chi connectivity index (χ1v) is 14.3. The summed E-state index contributed by atoms with van der Waals surface area (Å²) < 4.78 is 91.7. The monoisotopic (exact) mass is 541 g/mol. The molecule has 4 rings (SSSR count). The number of amides is 1. The van der Waals surface area contributed by atoms with Crippen LogP contribution in [0.3, 0.4) is 0 Å². The van der Waals surface area contributed by atoms with Crippen LogP contribution in [-0.4, -0.2) is 52.4 Å². The first-order chi connectivity index (χ1) is 16.7. The molecule has 1 aliphatic heterocycles. The summed E-state index contributed by atoms with van der Waals surface area (Å²) in [6.45, 7) is -0.348. The number of anilines is 1. The van der Waals surface area contributed by atoms with Crippen molar-refractivity contribution in [1.29, 1.82) is 5.26 Å². The maximum absolute atomic E-state index is 13.6. The van der Waals surface area contributed by atoms with Gasteiger partial charge in [-0.3, -0.25) is 4.79 Å². The van der Waals surface area contributed by atoms with Crippen LogP contribution < -0.4 is 10.2 Å². The normalized spacial score (nSPS) is 21.6. The van der Waals surface area contributed by atoms with E-state index in [0.717, 1.165) is 18.4 Å². The Kier molecular flexibility index (Phi) is 6.33. The van der Waals surface area contributed by atoms with E-state index >= 15 is 0 Å². The number of carbonyl (C=O) groups excluding carboxylic acids is 1. The maximum atomic E-state index is 13.6. The topological polar surface area (TPSA) is 124 Å². The zero-order chi connectivity index (χ0) is 26.5. The fraction of sp³-hybridized carbons (Fsp3) is 0.391. The quantitative estimate of drug-likeness (QED) is 0.596. The second-order valence-electron chi connectivity index (χ2n) is 9.02. The summed E-state index contributed by atoms with van der Waals surface area (Å²) in [4.78, 5) is 13.6. The summed E-state index contributed by atoms with van der Waals surface area (Å²) >= 11 is 0. The predicted octanol–water partition coefficient (Wildman–Crippen LogP) is 2.70. The third-order valence-electron chi connectivity index (χ3n) is 6.41. The molecule has 8 nitrogen and oxygen atoms in total. The average molecular weight is 542 g/mol. The highest BCUT2D eigenvalue weighted by Gasteiger charge is 2.50. The fourth-order valence-electron chi connectivity index (χ4n) is 4.29. The molecular formula is C23H22F3N3O5S2. The van der Waals surface area contributed by atoms with Crippen molar-refractivity contribution in [1.82, 2.24) is 5.32 Å². The average Bonchev–Trinajstić information content (AvgIpc) is 3.43. The van der Waals surface area contributed by atoms with E-state index in [0.29, 0.717) is 18.9 Å². The molecule has 2 atom stereocenters. The van der Waals surface area contributed by atoms with Gasteiger partial charge >= 0.3 is 6.18 Å². The minimum Gasteiger partial charge on any atom is -0.358 e. The van der Waals surface area contributed by atoms with Gasteiger partial charge in [-0.05, 0) is 49.6 Å². The zero-order valence-corrected chi connectivity index (χ0v) is 20.6. The smallest absolute Gasteiger partial charge is 0.358 e. The molecule has 192 valence electrons. The number of nitrogens with one attached hydrogen (secondary N) is 1. The molecule has 2 fully saturated rings. The minimum atomic E-state index is -4.91. The minimum absolute atomic E-state index is 0.0661. The molecule has 1 amide bonds. The Morgan fingerprint density at radius 3 is 2.36 bits per heavy atom. The van der Waals surface area contributed by atoms with E-state index in [1.807, 2.05) is 6.07 Å². The summed E-state index contributed by atoms with van der Waals surface area (Å²) in [6, 6.07) is 10.3. The Bertz CT molecular complexity index is 1460. The highest BCUT2D eigenvalue weighted by molar-refractivity contribution is 7.92. The standard InChI is InChI=1S/C23H22F3N3O5S2/c1-35(31,32)16-6-4-5-15(11-16)29-13-17(12-19(29)21(30)28-22(14-27)9-10-22)36(33,34)20-8-3-2-7-18(20)23(24,25)26/h2-8,11,17,19H,9-10,12-13H2,1H3,(H,28,30). The lowest BCUT2D eigenvalue weighted by Crippen LogP contribution is -2.47. The van der Waals surface area contributed by atoms with E-state index in [9.17, 15) is 40.1 Å². The van der Waals surface area contributed by atoms with Gasteiger partial charge in [0, 0.05) is 18.5 Å². The van der Waals surface area contributed by atoms with Gasteiger partial charge in [-0.2, -0.15) is 18.4 Å². The highest BCUT2D eigenvalue weighted by atomic mass is 32.2. The Hall–Kier alpha value is -3.11. The molecule has 0 bridgehead atoms. The Morgan fingerprint density at radius 2 is 1.78 bits per heavy atom. The van der Waals surface area contributed by atoms with E-state index in [-0.39, 0.29) is 23.5 Å². The van der Waals surface area contributed by atoms with Gasteiger partial charge in [0.05, 0.1) is 26.7 Å². The number of halogens is 3. The van der Waals surface area contributed by atoms with E-state index in [2.05, 4.69) is 5.32 Å². The van der Waals surface area contributed by atoms with Crippen LogP contribution in [0.1, 0.15) is 24.8 Å². The number of alkyl halides is 3.